The number of nitrogens with zero attached hydrogens (tertiary/aromatic N) is 2. The lowest BCUT2D eigenvalue weighted by Crippen LogP contribution is -2.34. The van der Waals surface area contributed by atoms with Gasteiger partial charge in [-0.1, -0.05) is 90.5 Å². The second-order valence-electron chi connectivity index (χ2n) is 9.57. The van der Waals surface area contributed by atoms with Crippen LogP contribution in [0.5, 0.6) is 0 Å². The Morgan fingerprint density at radius 3 is 2.56 bits per heavy atom. The van der Waals surface area contributed by atoms with E-state index in [-0.39, 0.29) is 6.17 Å². The first-order valence-corrected chi connectivity index (χ1v) is 14.0. The molecule has 2 aromatic heterocycles. The summed E-state index contributed by atoms with van der Waals surface area (Å²) < 4.78 is 8.62. The van der Waals surface area contributed by atoms with Crippen molar-refractivity contribution in [2.24, 2.45) is 9.98 Å². The number of halogens is 1. The van der Waals surface area contributed by atoms with Crippen LogP contribution in [0.25, 0.3) is 36.7 Å². The third-order valence-electron chi connectivity index (χ3n) is 7.26. The Hall–Kier alpha value is -4.39. The summed E-state index contributed by atoms with van der Waals surface area (Å²) in [7, 11) is 0. The maximum absolute atomic E-state index is 6.50. The highest BCUT2D eigenvalue weighted by Gasteiger charge is 2.29. The summed E-state index contributed by atoms with van der Waals surface area (Å²) in [5.74, 6) is 2.16. The van der Waals surface area contributed by atoms with E-state index in [1.165, 1.54) is 20.2 Å². The summed E-state index contributed by atoms with van der Waals surface area (Å²) in [6.45, 7) is 0.610. The smallest absolute Gasteiger partial charge is 0.202 e. The van der Waals surface area contributed by atoms with Crippen molar-refractivity contribution < 1.29 is 4.42 Å². The molecule has 5 nitrogen and oxygen atoms in total. The Bertz CT molecular complexity index is 2020. The number of thiophene rings is 1. The van der Waals surface area contributed by atoms with Crippen LogP contribution in [0.15, 0.2) is 111 Å². The average molecular weight is 545 g/mol. The molecule has 2 N–H and O–H groups in total. The largest absolute Gasteiger partial charge is 0.438 e. The molecule has 0 saturated carbocycles. The second-order valence-corrected chi connectivity index (χ2v) is 11.0. The van der Waals surface area contributed by atoms with Crippen molar-refractivity contribution in [3.8, 4) is 0 Å². The molecule has 4 heterocycles. The molecule has 0 bridgehead atoms. The summed E-state index contributed by atoms with van der Waals surface area (Å²) in [5.41, 5.74) is 4.68. The molecular formula is C32H21ClN4OS. The Morgan fingerprint density at radius 1 is 0.846 bits per heavy atom. The Morgan fingerprint density at radius 2 is 1.64 bits per heavy atom. The van der Waals surface area contributed by atoms with Crippen LogP contribution >= 0.6 is 22.9 Å². The summed E-state index contributed by atoms with van der Waals surface area (Å²) in [5, 5.41) is 11.0. The fourth-order valence-corrected chi connectivity index (χ4v) is 6.90. The van der Waals surface area contributed by atoms with Gasteiger partial charge in [0.05, 0.1) is 10.6 Å². The van der Waals surface area contributed by atoms with Gasteiger partial charge >= 0.3 is 0 Å². The first kappa shape index (κ1) is 22.6. The van der Waals surface area contributed by atoms with Gasteiger partial charge in [0.15, 0.2) is 11.4 Å². The van der Waals surface area contributed by atoms with E-state index in [1.54, 1.807) is 11.3 Å². The van der Waals surface area contributed by atoms with E-state index in [1.807, 2.05) is 36.4 Å². The number of rotatable bonds is 3. The van der Waals surface area contributed by atoms with Gasteiger partial charge in [0.2, 0.25) is 5.88 Å². The number of para-hydroxylation sites is 1. The van der Waals surface area contributed by atoms with Crippen molar-refractivity contribution in [3.05, 3.63) is 119 Å². The Balaban J connectivity index is 1.34. The average Bonchev–Trinajstić information content (AvgIpc) is 3.57. The monoisotopic (exact) mass is 544 g/mol. The molecule has 6 aromatic rings. The predicted octanol–water partition coefficient (Wildman–Crippen LogP) is 8.41. The van der Waals surface area contributed by atoms with E-state index in [4.69, 9.17) is 26.0 Å². The lowest BCUT2D eigenvalue weighted by molar-refractivity contribution is 0.627. The lowest BCUT2D eigenvalue weighted by Gasteiger charge is -2.25. The second kappa shape index (κ2) is 8.83. The van der Waals surface area contributed by atoms with Crippen molar-refractivity contribution in [2.45, 2.75) is 6.17 Å². The Labute approximate surface area is 233 Å². The zero-order chi connectivity index (χ0) is 25.9. The molecule has 4 aromatic carbocycles. The van der Waals surface area contributed by atoms with Crippen molar-refractivity contribution in [2.75, 3.05) is 11.9 Å². The van der Waals surface area contributed by atoms with Crippen molar-refractivity contribution in [3.63, 3.8) is 0 Å². The van der Waals surface area contributed by atoms with Crippen molar-refractivity contribution in [1.82, 2.24) is 5.32 Å². The van der Waals surface area contributed by atoms with E-state index in [2.05, 4.69) is 71.3 Å². The highest BCUT2D eigenvalue weighted by atomic mass is 35.5. The zero-order valence-electron chi connectivity index (χ0n) is 20.6. The maximum atomic E-state index is 6.50. The standard InChI is InChI=1S/C32H21ClN4OS/c33-24-14-7-12-21-26-22(16-17-34-32(26)38-27(21)24)30-35-29(18-8-2-1-3-9-18)36-31(37-30)23-13-6-11-20-19-10-4-5-15-25(19)39-28(20)23/h1-16,29,34H,17H2,(H,35,36,37). The third-order valence-corrected chi connectivity index (χ3v) is 8.78. The fraction of sp³-hybridized carbons (Fsp3) is 0.0625. The number of aliphatic imine (C=N–C) groups is 2. The molecule has 39 heavy (non-hydrogen) atoms. The first-order chi connectivity index (χ1) is 19.2. The lowest BCUT2D eigenvalue weighted by atomic mass is 9.99. The zero-order valence-corrected chi connectivity index (χ0v) is 22.2. The van der Waals surface area contributed by atoms with Crippen molar-refractivity contribution in [1.29, 1.82) is 0 Å². The molecule has 1 unspecified atom stereocenters. The van der Waals surface area contributed by atoms with E-state index in [0.717, 1.165) is 33.5 Å². The van der Waals surface area contributed by atoms with Gasteiger partial charge in [-0.05, 0) is 23.8 Å². The minimum Gasteiger partial charge on any atom is -0.438 e. The summed E-state index contributed by atoms with van der Waals surface area (Å²) in [6, 6.07) is 31.1. The molecule has 1 atom stereocenters. The van der Waals surface area contributed by atoms with Crippen molar-refractivity contribution >= 4 is 77.2 Å². The van der Waals surface area contributed by atoms with Gasteiger partial charge in [-0.2, -0.15) is 0 Å². The topological polar surface area (TPSA) is 61.9 Å². The van der Waals surface area contributed by atoms with Crippen LogP contribution in [0.2, 0.25) is 5.02 Å². The van der Waals surface area contributed by atoms with Gasteiger partial charge < -0.3 is 15.1 Å². The molecule has 7 heteroatoms. The van der Waals surface area contributed by atoms with Gasteiger partial charge in [0, 0.05) is 43.2 Å². The molecule has 0 saturated heterocycles. The van der Waals surface area contributed by atoms with E-state index in [9.17, 15) is 0 Å². The summed E-state index contributed by atoms with van der Waals surface area (Å²) in [4.78, 5) is 10.3. The van der Waals surface area contributed by atoms with Crippen LogP contribution in [0, 0.1) is 0 Å². The van der Waals surface area contributed by atoms with Crippen LogP contribution in [-0.4, -0.2) is 18.2 Å². The SMILES string of the molecule is Clc1cccc2c3c(oc12)NCC=C3C1=NC(c2ccccc2)NC(c2cccc3c2sc2ccccc23)=N1. The maximum Gasteiger partial charge on any atom is 0.202 e. The van der Waals surface area contributed by atoms with Gasteiger partial charge in [-0.25, -0.2) is 9.98 Å². The Kier molecular flexibility index (Phi) is 5.11. The van der Waals surface area contributed by atoms with E-state index >= 15 is 0 Å². The fourth-order valence-electron chi connectivity index (χ4n) is 5.47. The molecule has 2 aliphatic heterocycles. The van der Waals surface area contributed by atoms with Crippen LogP contribution in [-0.2, 0) is 0 Å². The molecule has 0 spiro atoms. The van der Waals surface area contributed by atoms with Crippen LogP contribution in [0.4, 0.5) is 5.88 Å². The van der Waals surface area contributed by atoms with Crippen LogP contribution < -0.4 is 10.6 Å². The number of hydrogen-bond acceptors (Lipinski definition) is 6. The molecule has 188 valence electrons. The number of anilines is 1. The highest BCUT2D eigenvalue weighted by Crippen LogP contribution is 2.42. The third kappa shape index (κ3) is 3.60. The highest BCUT2D eigenvalue weighted by molar-refractivity contribution is 7.26. The van der Waals surface area contributed by atoms with Gasteiger partial charge in [-0.15, -0.1) is 11.3 Å². The first-order valence-electron chi connectivity index (χ1n) is 12.8. The number of nitrogens with one attached hydrogen (secondary N) is 2. The number of benzene rings is 4. The number of hydrogen-bond donors (Lipinski definition) is 2. The minimum atomic E-state index is -0.292. The molecular weight excluding hydrogens is 524 g/mol. The molecule has 0 amide bonds. The summed E-state index contributed by atoms with van der Waals surface area (Å²) >= 11 is 8.29. The molecule has 0 radical (unpaired) electrons. The van der Waals surface area contributed by atoms with Crippen LogP contribution in [0.3, 0.4) is 0 Å². The van der Waals surface area contributed by atoms with E-state index in [0.29, 0.717) is 28.9 Å². The van der Waals surface area contributed by atoms with E-state index < -0.39 is 0 Å². The number of fused-ring (bicyclic) bond motifs is 6. The number of amidine groups is 2. The van der Waals surface area contributed by atoms with Gasteiger partial charge in [0.25, 0.3) is 0 Å². The molecule has 0 aliphatic carbocycles. The summed E-state index contributed by atoms with van der Waals surface area (Å²) in [6.07, 6.45) is 1.84. The molecule has 8 rings (SSSR count). The minimum absolute atomic E-state index is 0.292. The molecule has 0 fully saturated rings. The normalized spacial score (nSPS) is 16.8. The van der Waals surface area contributed by atoms with Crippen LogP contribution in [0.1, 0.15) is 22.9 Å². The van der Waals surface area contributed by atoms with Gasteiger partial charge in [0.1, 0.15) is 12.0 Å². The molecule has 2 aliphatic rings. The predicted molar refractivity (Wildman–Crippen MR) is 163 cm³/mol. The van der Waals surface area contributed by atoms with Gasteiger partial charge in [-0.3, -0.25) is 0 Å². The number of furan rings is 1. The quantitative estimate of drug-likeness (QED) is 0.235.